The fourth-order valence-corrected chi connectivity index (χ4v) is 4.30. The first-order chi connectivity index (χ1) is 19.2. The number of carboxylic acid groups (broad SMARTS) is 1. The molecular weight excluding hydrogens is 538 g/mol. The van der Waals surface area contributed by atoms with Crippen LogP contribution in [-0.2, 0) is 22.6 Å². The van der Waals surface area contributed by atoms with E-state index in [0.29, 0.717) is 17.7 Å². The number of nitrogens with one attached hydrogen (secondary N) is 2. The molecule has 4 rings (SSSR count). The average Bonchev–Trinajstić information content (AvgIpc) is 3.19. The number of carbonyl (C=O) groups excluding carboxylic acids is 3. The van der Waals surface area contributed by atoms with Gasteiger partial charge in [0.15, 0.2) is 11.5 Å². The Balaban J connectivity index is 1.46. The highest BCUT2D eigenvalue weighted by molar-refractivity contribution is 6.32. The Morgan fingerprint density at radius 3 is 2.50 bits per heavy atom. The molecule has 3 aromatic carbocycles. The topological polar surface area (TPSA) is 134 Å². The third-order valence-corrected chi connectivity index (χ3v) is 6.36. The summed E-state index contributed by atoms with van der Waals surface area (Å²) in [5.41, 5.74) is 2.85. The van der Waals surface area contributed by atoms with Crippen LogP contribution in [0.4, 0.5) is 10.5 Å². The van der Waals surface area contributed by atoms with Crippen LogP contribution in [0.15, 0.2) is 66.4 Å². The van der Waals surface area contributed by atoms with Crippen molar-refractivity contribution < 1.29 is 33.8 Å². The first kappa shape index (κ1) is 28.2. The van der Waals surface area contributed by atoms with E-state index in [1.165, 1.54) is 31.4 Å². The summed E-state index contributed by atoms with van der Waals surface area (Å²) in [6.07, 6.45) is 2.13. The molecule has 1 heterocycles. The van der Waals surface area contributed by atoms with E-state index >= 15 is 0 Å². The van der Waals surface area contributed by atoms with Gasteiger partial charge in [-0.15, -0.1) is 0 Å². The normalized spacial score (nSPS) is 13.8. The molecule has 0 bridgehead atoms. The van der Waals surface area contributed by atoms with E-state index < -0.39 is 30.4 Å². The second-order valence-corrected chi connectivity index (χ2v) is 9.17. The molecule has 1 aliphatic heterocycles. The van der Waals surface area contributed by atoms with Gasteiger partial charge in [0, 0.05) is 5.69 Å². The number of carboxylic acids is 1. The maximum absolute atomic E-state index is 12.9. The van der Waals surface area contributed by atoms with E-state index in [2.05, 4.69) is 10.6 Å². The average molecular weight is 564 g/mol. The number of imide groups is 1. The molecule has 0 aromatic heterocycles. The lowest BCUT2D eigenvalue weighted by Gasteiger charge is -2.14. The molecule has 0 radical (unpaired) electrons. The molecule has 0 spiro atoms. The number of amides is 4. The van der Waals surface area contributed by atoms with Crippen LogP contribution in [0.5, 0.6) is 11.5 Å². The zero-order chi connectivity index (χ0) is 28.8. The number of carbonyl (C=O) groups is 4. The standard InChI is InChI=1S/C29H26ClN3O7/c1-3-19-6-4-5-7-22(19)31-25(34)15-33-27(35)23(32-29(33)38)13-18-12-21(30)26(24(14-18)39-2)40-16-17-8-10-20(11-9-17)28(36)37/h4-14H,3,15-16H2,1-2H3,(H,31,34)(H,32,38)(H,36,37)/b23-13+. The molecular formula is C29H26ClN3O7. The summed E-state index contributed by atoms with van der Waals surface area (Å²) in [5, 5.41) is 14.5. The molecule has 1 fully saturated rings. The monoisotopic (exact) mass is 563 g/mol. The number of halogens is 1. The number of hydrogen-bond acceptors (Lipinski definition) is 6. The lowest BCUT2D eigenvalue weighted by atomic mass is 10.1. The number of aromatic carboxylic acids is 1. The van der Waals surface area contributed by atoms with Gasteiger partial charge in [0.25, 0.3) is 5.91 Å². The fraction of sp³-hybridized carbons (Fsp3) is 0.172. The highest BCUT2D eigenvalue weighted by Gasteiger charge is 2.35. The van der Waals surface area contributed by atoms with Crippen molar-refractivity contribution in [2.75, 3.05) is 19.0 Å². The van der Waals surface area contributed by atoms with Crippen LogP contribution in [0.1, 0.15) is 34.0 Å². The number of hydrogen-bond donors (Lipinski definition) is 3. The maximum Gasteiger partial charge on any atom is 0.335 e. The van der Waals surface area contributed by atoms with Crippen LogP contribution in [0.2, 0.25) is 5.02 Å². The molecule has 1 saturated heterocycles. The summed E-state index contributed by atoms with van der Waals surface area (Å²) in [4.78, 5) is 49.9. The molecule has 206 valence electrons. The number of urea groups is 1. The van der Waals surface area contributed by atoms with Crippen LogP contribution >= 0.6 is 11.6 Å². The van der Waals surface area contributed by atoms with Crippen molar-refractivity contribution in [2.24, 2.45) is 0 Å². The van der Waals surface area contributed by atoms with Crippen LogP contribution < -0.4 is 20.1 Å². The van der Waals surface area contributed by atoms with E-state index in [4.69, 9.17) is 26.2 Å². The molecule has 10 nitrogen and oxygen atoms in total. The van der Waals surface area contributed by atoms with Gasteiger partial charge < -0.3 is 25.2 Å². The number of rotatable bonds is 10. The minimum Gasteiger partial charge on any atom is -0.493 e. The Hall–Kier alpha value is -4.83. The molecule has 1 aliphatic rings. The molecule has 40 heavy (non-hydrogen) atoms. The van der Waals surface area contributed by atoms with Crippen LogP contribution in [-0.4, -0.2) is 47.5 Å². The zero-order valence-corrected chi connectivity index (χ0v) is 22.4. The molecule has 0 aliphatic carbocycles. The largest absolute Gasteiger partial charge is 0.493 e. The second kappa shape index (κ2) is 12.4. The number of aryl methyl sites for hydroxylation is 1. The minimum atomic E-state index is -1.03. The predicted molar refractivity (Wildman–Crippen MR) is 148 cm³/mol. The quantitative estimate of drug-likeness (QED) is 0.240. The first-order valence-electron chi connectivity index (χ1n) is 12.2. The molecule has 3 N–H and O–H groups in total. The molecule has 0 atom stereocenters. The lowest BCUT2D eigenvalue weighted by molar-refractivity contribution is -0.127. The summed E-state index contributed by atoms with van der Waals surface area (Å²) >= 11 is 6.45. The van der Waals surface area contributed by atoms with Crippen molar-refractivity contribution in [3.63, 3.8) is 0 Å². The number of methoxy groups -OCH3 is 1. The first-order valence-corrected chi connectivity index (χ1v) is 12.6. The van der Waals surface area contributed by atoms with Crippen molar-refractivity contribution in [3.05, 3.63) is 93.6 Å². The molecule has 11 heteroatoms. The van der Waals surface area contributed by atoms with Gasteiger partial charge in [0.2, 0.25) is 5.91 Å². The van der Waals surface area contributed by atoms with E-state index in [1.54, 1.807) is 30.3 Å². The Labute approximate surface area is 235 Å². The fourth-order valence-electron chi connectivity index (χ4n) is 4.03. The third-order valence-electron chi connectivity index (χ3n) is 6.08. The van der Waals surface area contributed by atoms with E-state index in [1.807, 2.05) is 19.1 Å². The van der Waals surface area contributed by atoms with E-state index in [0.717, 1.165) is 16.0 Å². The third kappa shape index (κ3) is 6.41. The summed E-state index contributed by atoms with van der Waals surface area (Å²) in [7, 11) is 1.43. The molecule has 0 unspecified atom stereocenters. The summed E-state index contributed by atoms with van der Waals surface area (Å²) in [6.45, 7) is 1.61. The maximum atomic E-state index is 12.9. The van der Waals surface area contributed by atoms with Gasteiger partial charge in [-0.3, -0.25) is 9.59 Å². The Bertz CT molecular complexity index is 1500. The van der Waals surface area contributed by atoms with Gasteiger partial charge in [0.05, 0.1) is 17.7 Å². The van der Waals surface area contributed by atoms with Gasteiger partial charge in [0.1, 0.15) is 18.8 Å². The van der Waals surface area contributed by atoms with Crippen LogP contribution in [0.3, 0.4) is 0 Å². The van der Waals surface area contributed by atoms with Gasteiger partial charge in [-0.05, 0) is 59.5 Å². The van der Waals surface area contributed by atoms with Crippen molar-refractivity contribution in [1.29, 1.82) is 0 Å². The van der Waals surface area contributed by atoms with Crippen molar-refractivity contribution >= 4 is 47.2 Å². The smallest absolute Gasteiger partial charge is 0.335 e. The molecule has 4 amide bonds. The Morgan fingerprint density at radius 2 is 1.82 bits per heavy atom. The van der Waals surface area contributed by atoms with E-state index in [9.17, 15) is 19.2 Å². The summed E-state index contributed by atoms with van der Waals surface area (Å²) in [6, 6.07) is 15.9. The van der Waals surface area contributed by atoms with Crippen molar-refractivity contribution in [1.82, 2.24) is 10.2 Å². The van der Waals surface area contributed by atoms with Crippen molar-refractivity contribution in [3.8, 4) is 11.5 Å². The minimum absolute atomic E-state index is 0.0305. The number of anilines is 1. The molecule has 0 saturated carbocycles. The van der Waals surface area contributed by atoms with E-state index in [-0.39, 0.29) is 34.4 Å². The number of benzene rings is 3. The second-order valence-electron chi connectivity index (χ2n) is 8.76. The van der Waals surface area contributed by atoms with Gasteiger partial charge in [-0.1, -0.05) is 48.9 Å². The van der Waals surface area contributed by atoms with Gasteiger partial charge in [-0.2, -0.15) is 0 Å². The van der Waals surface area contributed by atoms with Crippen molar-refractivity contribution in [2.45, 2.75) is 20.0 Å². The summed E-state index contributed by atoms with van der Waals surface area (Å²) < 4.78 is 11.2. The zero-order valence-electron chi connectivity index (χ0n) is 21.7. The number of para-hydroxylation sites is 1. The predicted octanol–water partition coefficient (Wildman–Crippen LogP) is 4.72. The summed E-state index contributed by atoms with van der Waals surface area (Å²) in [5.74, 6) is -1.66. The SMILES string of the molecule is CCc1ccccc1NC(=O)CN1C(=O)N/C(=C/c2cc(Cl)c(OCc3ccc(C(=O)O)cc3)c(OC)c2)C1=O. The number of ether oxygens (including phenoxy) is 2. The molecule has 3 aromatic rings. The highest BCUT2D eigenvalue weighted by Crippen LogP contribution is 2.37. The van der Waals surface area contributed by atoms with Crippen LogP contribution in [0.25, 0.3) is 6.08 Å². The number of nitrogens with zero attached hydrogens (tertiary/aromatic N) is 1. The van der Waals surface area contributed by atoms with Crippen LogP contribution in [0, 0.1) is 0 Å². The Kier molecular flexibility index (Phi) is 8.70. The van der Waals surface area contributed by atoms with Gasteiger partial charge >= 0.3 is 12.0 Å². The Morgan fingerprint density at radius 1 is 1.10 bits per heavy atom. The van der Waals surface area contributed by atoms with Gasteiger partial charge in [-0.25, -0.2) is 14.5 Å². The lowest BCUT2D eigenvalue weighted by Crippen LogP contribution is -2.38. The highest BCUT2D eigenvalue weighted by atomic mass is 35.5.